The van der Waals surface area contributed by atoms with Gasteiger partial charge in [-0.05, 0) is 24.7 Å². The Labute approximate surface area is 191 Å². The summed E-state index contributed by atoms with van der Waals surface area (Å²) in [4.78, 5) is 31.8. The van der Waals surface area contributed by atoms with Crippen LogP contribution in [0.2, 0.25) is 0 Å². The van der Waals surface area contributed by atoms with Crippen molar-refractivity contribution in [2.75, 3.05) is 13.3 Å². The molecule has 1 aliphatic carbocycles. The van der Waals surface area contributed by atoms with Crippen molar-refractivity contribution in [2.24, 2.45) is 23.5 Å². The van der Waals surface area contributed by atoms with E-state index >= 15 is 0 Å². The number of H-pyrrole nitrogens is 1. The molecule has 1 heterocycles. The summed E-state index contributed by atoms with van der Waals surface area (Å²) < 4.78 is 23.6. The molecule has 9 nitrogen and oxygen atoms in total. The highest BCUT2D eigenvalue weighted by molar-refractivity contribution is 7.39. The minimum Gasteiger partial charge on any atom is -0.469 e. The molecule has 32 heavy (non-hydrogen) atoms. The summed E-state index contributed by atoms with van der Waals surface area (Å²) in [5.74, 6) is -0.575. The topological polar surface area (TPSA) is 136 Å². The molecule has 182 valence electrons. The number of aromatic amines is 1. The lowest BCUT2D eigenvalue weighted by molar-refractivity contribution is -0.145. The maximum atomic E-state index is 12.9. The maximum absolute atomic E-state index is 12.9. The number of amides is 1. The number of rotatable bonds is 13. The lowest BCUT2D eigenvalue weighted by atomic mass is 9.86. The lowest BCUT2D eigenvalue weighted by Crippen LogP contribution is -2.47. The predicted octanol–water partition coefficient (Wildman–Crippen LogP) is 3.02. The molecule has 4 atom stereocenters. The van der Waals surface area contributed by atoms with E-state index < -0.39 is 26.2 Å². The Kier molecular flexibility index (Phi) is 11.4. The molecule has 1 aliphatic rings. The van der Waals surface area contributed by atoms with E-state index in [4.69, 9.17) is 15.0 Å². The van der Waals surface area contributed by atoms with Crippen LogP contribution in [0.4, 0.5) is 0 Å². The van der Waals surface area contributed by atoms with Gasteiger partial charge in [-0.3, -0.25) is 14.2 Å². The van der Waals surface area contributed by atoms with E-state index in [0.717, 1.165) is 25.7 Å². The highest BCUT2D eigenvalue weighted by Gasteiger charge is 2.28. The van der Waals surface area contributed by atoms with Gasteiger partial charge in [-0.2, -0.15) is 0 Å². The third-order valence-electron chi connectivity index (χ3n) is 5.87. The van der Waals surface area contributed by atoms with Crippen molar-refractivity contribution >= 4 is 19.9 Å². The Morgan fingerprint density at radius 3 is 2.62 bits per heavy atom. The Hall–Kier alpha value is -1.70. The Bertz CT molecular complexity index is 722. The number of imidazole rings is 1. The van der Waals surface area contributed by atoms with Crippen molar-refractivity contribution in [3.05, 3.63) is 18.2 Å². The first kappa shape index (κ1) is 26.6. The fourth-order valence-corrected chi connectivity index (χ4v) is 5.56. The molecule has 0 spiro atoms. The van der Waals surface area contributed by atoms with Crippen molar-refractivity contribution in [3.8, 4) is 0 Å². The highest BCUT2D eigenvalue weighted by Crippen LogP contribution is 2.34. The highest BCUT2D eigenvalue weighted by atomic mass is 31.1. The zero-order valence-corrected chi connectivity index (χ0v) is 20.5. The molecule has 1 aromatic heterocycles. The number of aromatic nitrogens is 2. The van der Waals surface area contributed by atoms with Crippen molar-refractivity contribution in [2.45, 2.75) is 77.5 Å². The van der Waals surface area contributed by atoms with Crippen LogP contribution in [-0.2, 0) is 29.8 Å². The quantitative estimate of drug-likeness (QED) is 0.229. The molecule has 3 unspecified atom stereocenters. The molecular weight excluding hydrogens is 431 g/mol. The monoisotopic (exact) mass is 470 g/mol. The zero-order valence-electron chi connectivity index (χ0n) is 19.5. The second-order valence-corrected chi connectivity index (χ2v) is 10.5. The summed E-state index contributed by atoms with van der Waals surface area (Å²) in [6.45, 7) is 4.00. The predicted molar refractivity (Wildman–Crippen MR) is 123 cm³/mol. The first-order valence-electron chi connectivity index (χ1n) is 11.6. The largest absolute Gasteiger partial charge is 0.469 e. The van der Waals surface area contributed by atoms with Crippen molar-refractivity contribution in [1.29, 1.82) is 0 Å². The third-order valence-corrected chi connectivity index (χ3v) is 7.25. The van der Waals surface area contributed by atoms with Crippen LogP contribution >= 0.6 is 8.03 Å². The smallest absolute Gasteiger partial charge is 0.309 e. The molecule has 0 bridgehead atoms. The van der Waals surface area contributed by atoms with Crippen LogP contribution in [0.15, 0.2) is 12.5 Å². The zero-order chi connectivity index (χ0) is 23.5. The Morgan fingerprint density at radius 1 is 1.31 bits per heavy atom. The maximum Gasteiger partial charge on any atom is 0.309 e. The van der Waals surface area contributed by atoms with Crippen LogP contribution in [0, 0.1) is 17.8 Å². The minimum absolute atomic E-state index is 0.103. The number of carbonyl (C=O) groups excluding carboxylic acids is 2. The molecule has 0 aliphatic heterocycles. The standard InChI is InChI=1S/C22H39N4O5P/c1-15(2)9-17(22(28)30-3)13-32(29)31-20(10-16-7-5-4-6-8-16)26-21(27)19(23)11-18-12-24-14-25-18/h12,14-17,19-20,32H,4-11,13,23H2,1-3H3,(H,24,25)(H,26,27)/t17?,19-,20?/m0/s1. The summed E-state index contributed by atoms with van der Waals surface area (Å²) in [5.41, 5.74) is 6.76. The molecule has 0 saturated heterocycles. The summed E-state index contributed by atoms with van der Waals surface area (Å²) in [6, 6.07) is -0.790. The molecule has 1 aromatic rings. The van der Waals surface area contributed by atoms with Crippen LogP contribution in [0.5, 0.6) is 0 Å². The average molecular weight is 471 g/mol. The van der Waals surface area contributed by atoms with E-state index in [1.807, 2.05) is 13.8 Å². The summed E-state index contributed by atoms with van der Waals surface area (Å²) in [5, 5.41) is 2.85. The molecule has 4 N–H and O–H groups in total. The number of nitrogens with two attached hydrogens (primary N) is 1. The SMILES string of the molecule is COC(=O)C(CC(C)C)C[PH](=O)OC(CC1CCCCC1)NC(=O)[C@@H](N)Cc1c[nH]cn1. The summed E-state index contributed by atoms with van der Waals surface area (Å²) >= 11 is 0. The fourth-order valence-electron chi connectivity index (χ4n) is 4.25. The number of nitrogens with zero attached hydrogens (tertiary/aromatic N) is 1. The number of hydrogen-bond acceptors (Lipinski definition) is 7. The van der Waals surface area contributed by atoms with E-state index in [2.05, 4.69) is 15.3 Å². The van der Waals surface area contributed by atoms with Gasteiger partial charge < -0.3 is 25.3 Å². The van der Waals surface area contributed by atoms with Crippen molar-refractivity contribution < 1.29 is 23.4 Å². The van der Waals surface area contributed by atoms with Gasteiger partial charge in [-0.15, -0.1) is 0 Å². The van der Waals surface area contributed by atoms with Crippen molar-refractivity contribution in [1.82, 2.24) is 15.3 Å². The van der Waals surface area contributed by atoms with E-state index in [0.29, 0.717) is 30.9 Å². The van der Waals surface area contributed by atoms with Gasteiger partial charge in [0.2, 0.25) is 5.91 Å². The number of carbonyl (C=O) groups is 2. The van der Waals surface area contributed by atoms with Gasteiger partial charge >= 0.3 is 5.97 Å². The normalized spacial score (nSPS) is 18.7. The molecule has 0 radical (unpaired) electrons. The molecule has 0 aromatic carbocycles. The van der Waals surface area contributed by atoms with Gasteiger partial charge in [0.15, 0.2) is 8.03 Å². The molecule has 2 rings (SSSR count). The number of esters is 1. The lowest BCUT2D eigenvalue weighted by Gasteiger charge is -2.28. The second-order valence-electron chi connectivity index (χ2n) is 9.15. The number of hydrogen-bond donors (Lipinski definition) is 3. The van der Waals surface area contributed by atoms with Crippen LogP contribution in [-0.4, -0.2) is 47.4 Å². The van der Waals surface area contributed by atoms with Gasteiger partial charge in [-0.1, -0.05) is 46.0 Å². The first-order valence-corrected chi connectivity index (χ1v) is 13.1. The van der Waals surface area contributed by atoms with E-state index in [1.54, 1.807) is 6.20 Å². The molecule has 1 fully saturated rings. The van der Waals surface area contributed by atoms with Gasteiger partial charge in [0.25, 0.3) is 0 Å². The average Bonchev–Trinajstić information content (AvgIpc) is 3.26. The van der Waals surface area contributed by atoms with E-state index in [9.17, 15) is 14.2 Å². The fraction of sp³-hybridized carbons (Fsp3) is 0.773. The number of methoxy groups -OCH3 is 1. The molecule has 1 saturated carbocycles. The van der Waals surface area contributed by atoms with Gasteiger partial charge in [-0.25, -0.2) is 4.98 Å². The Balaban J connectivity index is 2.00. The van der Waals surface area contributed by atoms with E-state index in [1.165, 1.54) is 19.9 Å². The van der Waals surface area contributed by atoms with Gasteiger partial charge in [0, 0.05) is 18.8 Å². The van der Waals surface area contributed by atoms with Crippen molar-refractivity contribution in [3.63, 3.8) is 0 Å². The van der Waals surface area contributed by atoms with Crippen LogP contribution in [0.3, 0.4) is 0 Å². The Morgan fingerprint density at radius 2 is 2.03 bits per heavy atom. The molecule has 10 heteroatoms. The van der Waals surface area contributed by atoms with Crippen LogP contribution in [0.25, 0.3) is 0 Å². The number of nitrogens with one attached hydrogen (secondary N) is 2. The second kappa shape index (κ2) is 13.8. The third kappa shape index (κ3) is 9.43. The van der Waals surface area contributed by atoms with Crippen LogP contribution < -0.4 is 11.1 Å². The van der Waals surface area contributed by atoms with Gasteiger partial charge in [0.1, 0.15) is 6.23 Å². The summed E-state index contributed by atoms with van der Waals surface area (Å²) in [6.07, 6.45) is 9.74. The molecular formula is C22H39N4O5P. The van der Waals surface area contributed by atoms with Crippen LogP contribution in [0.1, 0.15) is 64.5 Å². The number of ether oxygens (including phenoxy) is 1. The van der Waals surface area contributed by atoms with Gasteiger partial charge in [0.05, 0.1) is 31.1 Å². The molecule has 1 amide bonds. The minimum atomic E-state index is -2.58. The summed E-state index contributed by atoms with van der Waals surface area (Å²) in [7, 11) is -1.25. The first-order chi connectivity index (χ1) is 15.3. The van der Waals surface area contributed by atoms with E-state index in [-0.39, 0.29) is 24.0 Å².